The van der Waals surface area contributed by atoms with Gasteiger partial charge in [0, 0.05) is 13.1 Å². The molecule has 0 spiro atoms. The molecular formula is C16H21NO4. The van der Waals surface area contributed by atoms with Gasteiger partial charge in [-0.15, -0.1) is 0 Å². The maximum atomic E-state index is 12.5. The van der Waals surface area contributed by atoms with Crippen LogP contribution < -0.4 is 4.74 Å². The number of ether oxygens (including phenoxy) is 2. The minimum atomic E-state index is -0.657. The quantitative estimate of drug-likeness (QED) is 0.629. The first-order valence-electron chi connectivity index (χ1n) is 7.15. The Morgan fingerprint density at radius 3 is 2.57 bits per heavy atom. The third kappa shape index (κ3) is 3.74. The van der Waals surface area contributed by atoms with Crippen LogP contribution in [0.4, 0.5) is 0 Å². The predicted molar refractivity (Wildman–Crippen MR) is 77.8 cm³/mol. The second-order valence-electron chi connectivity index (χ2n) is 5.18. The lowest BCUT2D eigenvalue weighted by molar-refractivity contribution is -0.153. The summed E-state index contributed by atoms with van der Waals surface area (Å²) in [4.78, 5) is 25.9. The molecule has 5 heteroatoms. The van der Waals surface area contributed by atoms with E-state index in [1.807, 2.05) is 24.3 Å². The van der Waals surface area contributed by atoms with E-state index in [1.165, 1.54) is 7.11 Å². The van der Waals surface area contributed by atoms with Gasteiger partial charge in [0.2, 0.25) is 5.91 Å². The van der Waals surface area contributed by atoms with Crippen LogP contribution in [0.5, 0.6) is 5.75 Å². The summed E-state index contributed by atoms with van der Waals surface area (Å²) in [7, 11) is 2.95. The summed E-state index contributed by atoms with van der Waals surface area (Å²) < 4.78 is 9.86. The molecule has 1 amide bonds. The zero-order valence-corrected chi connectivity index (χ0v) is 12.5. The Bertz CT molecular complexity index is 498. The van der Waals surface area contributed by atoms with E-state index in [0.29, 0.717) is 19.5 Å². The highest BCUT2D eigenvalue weighted by atomic mass is 16.5. The number of nitrogens with zero attached hydrogens (tertiary/aromatic N) is 1. The number of carbonyl (C=O) groups excluding carboxylic acids is 2. The maximum absolute atomic E-state index is 12.5. The van der Waals surface area contributed by atoms with Crippen LogP contribution in [0.15, 0.2) is 24.3 Å². The standard InChI is InChI=1S/C16H21NO4/c1-20-13-8-6-12(7-9-13)11-17-10-4-3-5-14(15(17)18)16(19)21-2/h6-9,14H,3-5,10-11H2,1-2H3. The number of likely N-dealkylation sites (tertiary alicyclic amines) is 1. The van der Waals surface area contributed by atoms with Crippen LogP contribution in [-0.4, -0.2) is 37.5 Å². The molecule has 0 aromatic heterocycles. The zero-order chi connectivity index (χ0) is 15.2. The number of carbonyl (C=O) groups is 2. The Hall–Kier alpha value is -2.04. The fraction of sp³-hybridized carbons (Fsp3) is 0.500. The maximum Gasteiger partial charge on any atom is 0.318 e. The van der Waals surface area contributed by atoms with Gasteiger partial charge < -0.3 is 14.4 Å². The molecule has 1 heterocycles. The molecule has 1 fully saturated rings. The fourth-order valence-electron chi connectivity index (χ4n) is 2.57. The third-order valence-electron chi connectivity index (χ3n) is 3.80. The van der Waals surface area contributed by atoms with E-state index in [2.05, 4.69) is 0 Å². The Kier molecular flexibility index (Phi) is 5.20. The van der Waals surface area contributed by atoms with Crippen molar-refractivity contribution in [1.82, 2.24) is 4.90 Å². The lowest BCUT2D eigenvalue weighted by Gasteiger charge is -2.23. The average molecular weight is 291 g/mol. The average Bonchev–Trinajstić information content (AvgIpc) is 2.70. The topological polar surface area (TPSA) is 55.8 Å². The van der Waals surface area contributed by atoms with E-state index in [0.717, 1.165) is 24.2 Å². The van der Waals surface area contributed by atoms with Crippen LogP contribution in [0.3, 0.4) is 0 Å². The molecule has 5 nitrogen and oxygen atoms in total. The molecule has 0 bridgehead atoms. The highest BCUT2D eigenvalue weighted by molar-refractivity contribution is 5.97. The molecule has 1 unspecified atom stereocenters. The lowest BCUT2D eigenvalue weighted by Crippen LogP contribution is -2.38. The summed E-state index contributed by atoms with van der Waals surface area (Å²) in [5.74, 6) is -0.430. The summed E-state index contributed by atoms with van der Waals surface area (Å²) in [5, 5.41) is 0. The molecule has 0 saturated carbocycles. The van der Waals surface area contributed by atoms with Crippen molar-refractivity contribution in [3.63, 3.8) is 0 Å². The molecular weight excluding hydrogens is 270 g/mol. The van der Waals surface area contributed by atoms with Crippen LogP contribution in [0.1, 0.15) is 24.8 Å². The second kappa shape index (κ2) is 7.11. The summed E-state index contributed by atoms with van der Waals surface area (Å²) in [5.41, 5.74) is 1.02. The number of hydrogen-bond acceptors (Lipinski definition) is 4. The van der Waals surface area contributed by atoms with Crippen molar-refractivity contribution in [2.24, 2.45) is 5.92 Å². The van der Waals surface area contributed by atoms with Crippen LogP contribution >= 0.6 is 0 Å². The zero-order valence-electron chi connectivity index (χ0n) is 12.5. The van der Waals surface area contributed by atoms with E-state index in [-0.39, 0.29) is 5.91 Å². The van der Waals surface area contributed by atoms with Crippen molar-refractivity contribution in [1.29, 1.82) is 0 Å². The minimum Gasteiger partial charge on any atom is -0.497 e. The molecule has 2 rings (SSSR count). The van der Waals surface area contributed by atoms with Crippen molar-refractivity contribution in [2.75, 3.05) is 20.8 Å². The Labute approximate surface area is 124 Å². The van der Waals surface area contributed by atoms with E-state index in [4.69, 9.17) is 9.47 Å². The summed E-state index contributed by atoms with van der Waals surface area (Å²) >= 11 is 0. The summed E-state index contributed by atoms with van der Waals surface area (Å²) in [6.45, 7) is 1.19. The molecule has 1 atom stereocenters. The number of esters is 1. The fourth-order valence-corrected chi connectivity index (χ4v) is 2.57. The van der Waals surface area contributed by atoms with Crippen LogP contribution in [0, 0.1) is 5.92 Å². The molecule has 1 aromatic rings. The smallest absolute Gasteiger partial charge is 0.318 e. The highest BCUT2D eigenvalue weighted by Crippen LogP contribution is 2.21. The summed E-state index contributed by atoms with van der Waals surface area (Å²) in [6, 6.07) is 7.61. The Morgan fingerprint density at radius 2 is 1.95 bits per heavy atom. The second-order valence-corrected chi connectivity index (χ2v) is 5.18. The van der Waals surface area contributed by atoms with Gasteiger partial charge in [-0.05, 0) is 30.5 Å². The number of amides is 1. The molecule has 1 aliphatic rings. The highest BCUT2D eigenvalue weighted by Gasteiger charge is 2.33. The van der Waals surface area contributed by atoms with Crippen LogP contribution in [0.25, 0.3) is 0 Å². The van der Waals surface area contributed by atoms with Crippen molar-refractivity contribution in [2.45, 2.75) is 25.8 Å². The van der Waals surface area contributed by atoms with Gasteiger partial charge in [-0.3, -0.25) is 9.59 Å². The molecule has 0 N–H and O–H groups in total. The SMILES string of the molecule is COC(=O)C1CCCCN(Cc2ccc(OC)cc2)C1=O. The molecule has 1 aromatic carbocycles. The van der Waals surface area contributed by atoms with Gasteiger partial charge in [0.05, 0.1) is 14.2 Å². The molecule has 0 aliphatic carbocycles. The minimum absolute atomic E-state index is 0.129. The predicted octanol–water partition coefficient (Wildman–Crippen LogP) is 2.00. The normalized spacial score (nSPS) is 19.0. The van der Waals surface area contributed by atoms with Crippen LogP contribution in [0.2, 0.25) is 0 Å². The Balaban J connectivity index is 2.09. The van der Waals surface area contributed by atoms with Gasteiger partial charge in [-0.1, -0.05) is 18.6 Å². The molecule has 21 heavy (non-hydrogen) atoms. The monoisotopic (exact) mass is 291 g/mol. The number of rotatable bonds is 4. The third-order valence-corrected chi connectivity index (χ3v) is 3.80. The van der Waals surface area contributed by atoms with Crippen molar-refractivity contribution in [3.8, 4) is 5.75 Å². The van der Waals surface area contributed by atoms with E-state index < -0.39 is 11.9 Å². The number of methoxy groups -OCH3 is 2. The van der Waals surface area contributed by atoms with Crippen LogP contribution in [-0.2, 0) is 20.9 Å². The van der Waals surface area contributed by atoms with Gasteiger partial charge in [0.15, 0.2) is 0 Å². The first kappa shape index (κ1) is 15.4. The molecule has 114 valence electrons. The van der Waals surface area contributed by atoms with Gasteiger partial charge in [0.25, 0.3) is 0 Å². The molecule has 1 saturated heterocycles. The Morgan fingerprint density at radius 1 is 1.24 bits per heavy atom. The molecule has 0 radical (unpaired) electrons. The number of benzene rings is 1. The van der Waals surface area contributed by atoms with E-state index >= 15 is 0 Å². The van der Waals surface area contributed by atoms with Gasteiger partial charge in [0.1, 0.15) is 11.7 Å². The van der Waals surface area contributed by atoms with Crippen molar-refractivity contribution >= 4 is 11.9 Å². The van der Waals surface area contributed by atoms with Gasteiger partial charge in [-0.25, -0.2) is 0 Å². The van der Waals surface area contributed by atoms with Gasteiger partial charge in [-0.2, -0.15) is 0 Å². The lowest BCUT2D eigenvalue weighted by atomic mass is 10.0. The summed E-state index contributed by atoms with van der Waals surface area (Å²) in [6.07, 6.45) is 2.35. The van der Waals surface area contributed by atoms with E-state index in [9.17, 15) is 9.59 Å². The van der Waals surface area contributed by atoms with Crippen molar-refractivity contribution in [3.05, 3.63) is 29.8 Å². The van der Waals surface area contributed by atoms with Crippen molar-refractivity contribution < 1.29 is 19.1 Å². The molecule has 1 aliphatic heterocycles. The first-order chi connectivity index (χ1) is 10.2. The van der Waals surface area contributed by atoms with E-state index in [1.54, 1.807) is 12.0 Å². The largest absolute Gasteiger partial charge is 0.497 e. The number of hydrogen-bond donors (Lipinski definition) is 0. The first-order valence-corrected chi connectivity index (χ1v) is 7.15. The van der Waals surface area contributed by atoms with Gasteiger partial charge >= 0.3 is 5.97 Å².